The van der Waals surface area contributed by atoms with Gasteiger partial charge in [-0.15, -0.1) is 0 Å². The Balaban J connectivity index is 1.53. The van der Waals surface area contributed by atoms with E-state index in [9.17, 15) is 10.1 Å². The molecule has 0 aliphatic carbocycles. The Labute approximate surface area is 162 Å². The molecule has 1 aromatic carbocycles. The molecule has 1 saturated heterocycles. The van der Waals surface area contributed by atoms with Crippen molar-refractivity contribution in [2.45, 2.75) is 12.8 Å². The Morgan fingerprint density at radius 3 is 2.62 bits per heavy atom. The highest BCUT2D eigenvalue weighted by Crippen LogP contribution is 2.24. The fourth-order valence-corrected chi connectivity index (χ4v) is 3.64. The van der Waals surface area contributed by atoms with E-state index in [2.05, 4.69) is 21.3 Å². The van der Waals surface area contributed by atoms with E-state index < -0.39 is 0 Å². The molecule has 1 aliphatic rings. The van der Waals surface area contributed by atoms with Gasteiger partial charge in [0.1, 0.15) is 11.9 Å². The number of aromatic nitrogens is 1. The van der Waals surface area contributed by atoms with Crippen molar-refractivity contribution < 1.29 is 4.79 Å². The number of benzene rings is 1. The second-order valence-corrected chi connectivity index (χ2v) is 7.16. The van der Waals surface area contributed by atoms with Crippen LogP contribution in [0.4, 0.5) is 5.82 Å². The van der Waals surface area contributed by atoms with Crippen LogP contribution in [0.15, 0.2) is 36.5 Å². The minimum Gasteiger partial charge on any atom is -0.356 e. The lowest BCUT2D eigenvalue weighted by Gasteiger charge is -2.33. The van der Waals surface area contributed by atoms with E-state index in [4.69, 9.17) is 23.2 Å². The lowest BCUT2D eigenvalue weighted by atomic mass is 9.96. The second-order valence-electron chi connectivity index (χ2n) is 6.28. The maximum absolute atomic E-state index is 12.3. The summed E-state index contributed by atoms with van der Waals surface area (Å²) in [5.74, 6) is 0.957. The fraction of sp³-hybridized carbons (Fsp3) is 0.316. The summed E-state index contributed by atoms with van der Waals surface area (Å²) in [7, 11) is 0. The summed E-state index contributed by atoms with van der Waals surface area (Å²) in [6, 6.07) is 10.6. The Morgan fingerprint density at radius 1 is 1.27 bits per heavy atom. The molecule has 0 spiro atoms. The molecule has 1 amide bonds. The number of amides is 1. The number of nitrogens with one attached hydrogen (secondary N) is 1. The lowest BCUT2D eigenvalue weighted by Crippen LogP contribution is -2.39. The van der Waals surface area contributed by atoms with Gasteiger partial charge in [0.25, 0.3) is 5.91 Å². The third kappa shape index (κ3) is 4.46. The van der Waals surface area contributed by atoms with Gasteiger partial charge in [-0.1, -0.05) is 23.2 Å². The summed E-state index contributed by atoms with van der Waals surface area (Å²) in [6.07, 6.45) is 3.56. The van der Waals surface area contributed by atoms with E-state index in [1.165, 1.54) is 0 Å². The van der Waals surface area contributed by atoms with Gasteiger partial charge in [0.2, 0.25) is 0 Å². The number of nitrogens with zero attached hydrogens (tertiary/aromatic N) is 3. The summed E-state index contributed by atoms with van der Waals surface area (Å²) in [6.45, 7) is 2.23. The van der Waals surface area contributed by atoms with Gasteiger partial charge < -0.3 is 10.2 Å². The van der Waals surface area contributed by atoms with Crippen LogP contribution >= 0.6 is 23.2 Å². The molecule has 26 heavy (non-hydrogen) atoms. The molecule has 1 aromatic heterocycles. The second kappa shape index (κ2) is 8.39. The number of anilines is 1. The van der Waals surface area contributed by atoms with Gasteiger partial charge in [-0.05, 0) is 49.1 Å². The lowest BCUT2D eigenvalue weighted by molar-refractivity contribution is 0.0945. The van der Waals surface area contributed by atoms with E-state index in [1.54, 1.807) is 36.5 Å². The van der Waals surface area contributed by atoms with Crippen molar-refractivity contribution >= 4 is 34.9 Å². The first-order valence-electron chi connectivity index (χ1n) is 8.41. The third-order valence-electron chi connectivity index (χ3n) is 4.50. The van der Waals surface area contributed by atoms with Crippen LogP contribution in [0.1, 0.15) is 28.8 Å². The van der Waals surface area contributed by atoms with Crippen LogP contribution in [0.2, 0.25) is 10.0 Å². The predicted octanol–water partition coefficient (Wildman–Crippen LogP) is 3.91. The first-order chi connectivity index (χ1) is 12.6. The summed E-state index contributed by atoms with van der Waals surface area (Å²) < 4.78 is 0. The summed E-state index contributed by atoms with van der Waals surface area (Å²) in [4.78, 5) is 18.7. The summed E-state index contributed by atoms with van der Waals surface area (Å²) in [5.41, 5.74) is 1.06. The van der Waals surface area contributed by atoms with Crippen LogP contribution in [0.3, 0.4) is 0 Å². The number of hydrogen-bond donors (Lipinski definition) is 1. The van der Waals surface area contributed by atoms with E-state index in [0.717, 1.165) is 31.7 Å². The number of carbonyl (C=O) groups excluding carboxylic acids is 1. The highest BCUT2D eigenvalue weighted by molar-refractivity contribution is 6.35. The van der Waals surface area contributed by atoms with Crippen LogP contribution in [0.25, 0.3) is 0 Å². The summed E-state index contributed by atoms with van der Waals surface area (Å²) >= 11 is 11.9. The average Bonchev–Trinajstić information content (AvgIpc) is 2.65. The third-order valence-corrected chi connectivity index (χ3v) is 4.93. The first kappa shape index (κ1) is 18.5. The van der Waals surface area contributed by atoms with Gasteiger partial charge in [0.15, 0.2) is 0 Å². The minimum absolute atomic E-state index is 0.173. The molecule has 2 heterocycles. The standard InChI is InChI=1S/C19H18Cl2N4O/c20-16-8-15(9-17(21)10-16)19(26)24-12-13-3-6-25(7-4-13)18-14(11-22)2-1-5-23-18/h1-2,5,8-10,13H,3-4,6-7,12H2,(H,24,26). The fourth-order valence-electron chi connectivity index (χ4n) is 3.11. The van der Waals surface area contributed by atoms with Gasteiger partial charge in [-0.2, -0.15) is 5.26 Å². The molecular formula is C19H18Cl2N4O. The molecule has 0 atom stereocenters. The maximum Gasteiger partial charge on any atom is 0.251 e. The zero-order valence-corrected chi connectivity index (χ0v) is 15.6. The van der Waals surface area contributed by atoms with Crippen LogP contribution in [0, 0.1) is 17.2 Å². The van der Waals surface area contributed by atoms with Crippen molar-refractivity contribution in [3.05, 3.63) is 57.7 Å². The normalized spacial score (nSPS) is 14.7. The van der Waals surface area contributed by atoms with Crippen molar-refractivity contribution in [2.24, 2.45) is 5.92 Å². The van der Waals surface area contributed by atoms with Crippen molar-refractivity contribution in [3.8, 4) is 6.07 Å². The molecule has 2 aromatic rings. The Morgan fingerprint density at radius 2 is 1.96 bits per heavy atom. The number of rotatable bonds is 4. The van der Waals surface area contributed by atoms with E-state index in [1.807, 2.05) is 0 Å². The maximum atomic E-state index is 12.3. The van der Waals surface area contributed by atoms with Gasteiger partial charge in [0.05, 0.1) is 5.56 Å². The number of pyridine rings is 1. The molecule has 0 saturated carbocycles. The molecule has 1 N–H and O–H groups in total. The summed E-state index contributed by atoms with van der Waals surface area (Å²) in [5, 5.41) is 13.1. The van der Waals surface area contributed by atoms with Crippen LogP contribution in [-0.2, 0) is 0 Å². The Bertz CT molecular complexity index is 821. The van der Waals surface area contributed by atoms with Gasteiger partial charge in [-0.25, -0.2) is 4.98 Å². The molecule has 1 fully saturated rings. The van der Waals surface area contributed by atoms with Crippen molar-refractivity contribution in [3.63, 3.8) is 0 Å². The van der Waals surface area contributed by atoms with Crippen molar-refractivity contribution in [1.82, 2.24) is 10.3 Å². The smallest absolute Gasteiger partial charge is 0.251 e. The molecule has 1 aliphatic heterocycles. The van der Waals surface area contributed by atoms with Crippen LogP contribution < -0.4 is 10.2 Å². The predicted molar refractivity (Wildman–Crippen MR) is 103 cm³/mol. The topological polar surface area (TPSA) is 69.0 Å². The molecule has 0 unspecified atom stereocenters. The number of piperidine rings is 1. The number of nitriles is 1. The molecule has 3 rings (SSSR count). The zero-order chi connectivity index (χ0) is 18.5. The largest absolute Gasteiger partial charge is 0.356 e. The monoisotopic (exact) mass is 388 g/mol. The quantitative estimate of drug-likeness (QED) is 0.861. The Hall–Kier alpha value is -2.29. The molecular weight excluding hydrogens is 371 g/mol. The van der Waals surface area contributed by atoms with E-state index in [-0.39, 0.29) is 5.91 Å². The van der Waals surface area contributed by atoms with E-state index in [0.29, 0.717) is 33.6 Å². The SMILES string of the molecule is N#Cc1cccnc1N1CCC(CNC(=O)c2cc(Cl)cc(Cl)c2)CC1. The highest BCUT2D eigenvalue weighted by Gasteiger charge is 2.22. The molecule has 7 heteroatoms. The van der Waals surface area contributed by atoms with Gasteiger partial charge >= 0.3 is 0 Å². The van der Waals surface area contributed by atoms with Gasteiger partial charge in [0, 0.05) is 41.4 Å². The molecule has 5 nitrogen and oxygen atoms in total. The van der Waals surface area contributed by atoms with Crippen molar-refractivity contribution in [2.75, 3.05) is 24.5 Å². The molecule has 0 bridgehead atoms. The van der Waals surface area contributed by atoms with Gasteiger partial charge in [-0.3, -0.25) is 4.79 Å². The number of hydrogen-bond acceptors (Lipinski definition) is 4. The minimum atomic E-state index is -0.173. The van der Waals surface area contributed by atoms with Crippen molar-refractivity contribution in [1.29, 1.82) is 5.26 Å². The average molecular weight is 389 g/mol. The number of carbonyl (C=O) groups is 1. The molecule has 134 valence electrons. The van der Waals surface area contributed by atoms with Crippen LogP contribution in [-0.4, -0.2) is 30.5 Å². The first-order valence-corrected chi connectivity index (χ1v) is 9.17. The number of halogens is 2. The highest BCUT2D eigenvalue weighted by atomic mass is 35.5. The zero-order valence-electron chi connectivity index (χ0n) is 14.1. The van der Waals surface area contributed by atoms with E-state index >= 15 is 0 Å². The van der Waals surface area contributed by atoms with Crippen LogP contribution in [0.5, 0.6) is 0 Å². The Kier molecular flexibility index (Phi) is 5.97. The molecule has 0 radical (unpaired) electrons.